The van der Waals surface area contributed by atoms with Gasteiger partial charge in [0.15, 0.2) is 0 Å². The zero-order valence-electron chi connectivity index (χ0n) is 3.52. The molecule has 0 saturated carbocycles. The Morgan fingerprint density at radius 3 is 2.50 bits per heavy atom. The Hall–Kier alpha value is 0.358. The van der Waals surface area contributed by atoms with Crippen molar-refractivity contribution in [3.05, 3.63) is 0 Å². The van der Waals surface area contributed by atoms with Gasteiger partial charge in [0, 0.05) is 0 Å². The zero-order valence-corrected chi connectivity index (χ0v) is 5.52. The minimum absolute atomic E-state index is 0.735. The molecule has 0 radical (unpaired) electrons. The summed E-state index contributed by atoms with van der Waals surface area (Å²) in [4.78, 5) is 10.7. The van der Waals surface area contributed by atoms with E-state index in [1.165, 1.54) is 0 Å². The third-order valence-corrected chi connectivity index (χ3v) is 1.18. The first-order valence-corrected chi connectivity index (χ1v) is 3.35. The summed E-state index contributed by atoms with van der Waals surface area (Å²) in [5.41, 5.74) is 0. The van der Waals surface area contributed by atoms with Crippen LogP contribution in [0.2, 0.25) is 4.81 Å². The Bertz CT molecular complexity index is 36.5. The molecule has 0 fully saturated rings. The van der Waals surface area contributed by atoms with E-state index in [1.807, 2.05) is 19.8 Å². The number of aldehydes is 1. The summed E-state index contributed by atoms with van der Waals surface area (Å²) in [5.74, 6) is 0. The summed E-state index contributed by atoms with van der Waals surface area (Å²) >= 11 is 2.01. The van der Waals surface area contributed by atoms with Crippen molar-refractivity contribution in [2.75, 3.05) is 0 Å². The van der Waals surface area contributed by atoms with Crippen LogP contribution in [0.3, 0.4) is 0 Å². The first-order valence-electron chi connectivity index (χ1n) is 1.93. The van der Waals surface area contributed by atoms with Crippen molar-refractivity contribution in [3.8, 4) is 0 Å². The van der Waals surface area contributed by atoms with Gasteiger partial charge in [-0.05, 0) is 0 Å². The van der Waals surface area contributed by atoms with Crippen LogP contribution in [0.15, 0.2) is 0 Å². The van der Waals surface area contributed by atoms with E-state index < -0.39 is 0 Å². The Morgan fingerprint density at radius 2 is 2.33 bits per heavy atom. The Labute approximate surface area is 49.0 Å². The molecular formula is C4H7MoO. The van der Waals surface area contributed by atoms with E-state index in [0.29, 0.717) is 0 Å². The van der Waals surface area contributed by atoms with E-state index in [1.54, 1.807) is 0 Å². The van der Waals surface area contributed by atoms with Crippen molar-refractivity contribution in [2.45, 2.75) is 17.7 Å². The molecule has 0 aromatic heterocycles. The molecule has 0 spiro atoms. The van der Waals surface area contributed by atoms with Crippen LogP contribution in [0.4, 0.5) is 0 Å². The van der Waals surface area contributed by atoms with Crippen LogP contribution in [-0.4, -0.2) is 6.29 Å². The summed E-state index contributed by atoms with van der Waals surface area (Å²) in [6.07, 6.45) is 2.75. The van der Waals surface area contributed by atoms with Gasteiger partial charge < -0.3 is 0 Å². The monoisotopic (exact) mass is 169 g/mol. The fourth-order valence-electron chi connectivity index (χ4n) is 0.167. The molecule has 35 valence electrons. The number of rotatable bonds is 3. The van der Waals surface area contributed by atoms with Crippen LogP contribution < -0.4 is 0 Å². The van der Waals surface area contributed by atoms with Crippen LogP contribution in [0.25, 0.3) is 0 Å². The summed E-state index contributed by atoms with van der Waals surface area (Å²) in [6.45, 7) is 0. The second-order valence-corrected chi connectivity index (χ2v) is 2.02. The van der Waals surface area contributed by atoms with Gasteiger partial charge in [-0.2, -0.15) is 0 Å². The average Bonchev–Trinajstić information content (AvgIpc) is 1.61. The van der Waals surface area contributed by atoms with Crippen LogP contribution in [0.1, 0.15) is 12.8 Å². The van der Waals surface area contributed by atoms with Crippen molar-refractivity contribution in [3.63, 3.8) is 0 Å². The van der Waals surface area contributed by atoms with E-state index in [2.05, 4.69) is 0 Å². The second kappa shape index (κ2) is 5.36. The quantitative estimate of drug-likeness (QED) is 0.347. The van der Waals surface area contributed by atoms with Crippen molar-refractivity contribution in [2.24, 2.45) is 0 Å². The molecule has 0 aliphatic heterocycles. The molecule has 0 atom stereocenters. The minimum atomic E-state index is 0.735. The number of unbranched alkanes of at least 4 members (excludes halogenated alkanes) is 1. The van der Waals surface area contributed by atoms with E-state index in [-0.39, 0.29) is 0 Å². The molecule has 0 saturated heterocycles. The van der Waals surface area contributed by atoms with Gasteiger partial charge in [-0.1, -0.05) is 0 Å². The Kier molecular flexibility index (Phi) is 5.68. The second-order valence-electron chi connectivity index (χ2n) is 1.01. The van der Waals surface area contributed by atoms with Gasteiger partial charge in [-0.3, -0.25) is 0 Å². The predicted octanol–water partition coefficient (Wildman–Crippen LogP) is 0.931. The Balaban J connectivity index is 2.49. The van der Waals surface area contributed by atoms with Crippen molar-refractivity contribution in [1.82, 2.24) is 0 Å². The third-order valence-electron chi connectivity index (χ3n) is 0.466. The van der Waals surface area contributed by atoms with Gasteiger partial charge in [0.25, 0.3) is 0 Å². The summed E-state index contributed by atoms with van der Waals surface area (Å²) in [6, 6.07) is 0. The molecule has 6 heavy (non-hydrogen) atoms. The van der Waals surface area contributed by atoms with Crippen LogP contribution in [0, 0.1) is 0 Å². The summed E-state index contributed by atoms with van der Waals surface area (Å²) in [5, 5.41) is 0. The predicted molar refractivity (Wildman–Crippen MR) is 20.1 cm³/mol. The van der Waals surface area contributed by atoms with Gasteiger partial charge in [0.1, 0.15) is 0 Å². The molecule has 0 aromatic carbocycles. The topological polar surface area (TPSA) is 17.1 Å². The van der Waals surface area contributed by atoms with Gasteiger partial charge in [-0.15, -0.1) is 0 Å². The fraction of sp³-hybridized carbons (Fsp3) is 0.750. The molecule has 0 unspecified atom stereocenters. The molecular weight excluding hydrogens is 160 g/mol. The molecule has 2 heteroatoms. The van der Waals surface area contributed by atoms with Crippen LogP contribution in [-0.2, 0) is 24.6 Å². The van der Waals surface area contributed by atoms with E-state index >= 15 is 0 Å². The summed E-state index contributed by atoms with van der Waals surface area (Å²) in [7, 11) is 0. The SMILES string of the molecule is O=CCC[CH2][Mo]. The third kappa shape index (κ3) is 4.36. The fourth-order valence-corrected chi connectivity index (χ4v) is 0.576. The van der Waals surface area contributed by atoms with Crippen LogP contribution in [0.5, 0.6) is 0 Å². The van der Waals surface area contributed by atoms with E-state index in [9.17, 15) is 4.79 Å². The first kappa shape index (κ1) is 6.36. The maximum absolute atomic E-state index is 9.56. The molecule has 0 aliphatic carbocycles. The average molecular weight is 167 g/mol. The molecule has 0 rings (SSSR count). The molecule has 0 amide bonds. The molecule has 0 heterocycles. The van der Waals surface area contributed by atoms with Gasteiger partial charge in [0.05, 0.1) is 0 Å². The van der Waals surface area contributed by atoms with Gasteiger partial charge in [-0.25, -0.2) is 0 Å². The zero-order chi connectivity index (χ0) is 4.83. The molecule has 1 nitrogen and oxygen atoms in total. The van der Waals surface area contributed by atoms with Crippen LogP contribution >= 0.6 is 0 Å². The maximum atomic E-state index is 9.56. The molecule has 0 N–H and O–H groups in total. The van der Waals surface area contributed by atoms with Gasteiger partial charge >= 0.3 is 48.5 Å². The standard InChI is InChI=1S/C4H7O.Mo/c1-2-3-4-5;/h4H,1-3H2;. The molecule has 0 aliphatic rings. The number of hydrogen-bond donors (Lipinski definition) is 0. The summed E-state index contributed by atoms with van der Waals surface area (Å²) < 4.78 is 0. The van der Waals surface area contributed by atoms with Crippen molar-refractivity contribution in [1.29, 1.82) is 0 Å². The number of hydrogen-bond acceptors (Lipinski definition) is 1. The number of carbonyl (C=O) groups excluding carboxylic acids is 1. The number of carbonyl (C=O) groups is 1. The normalized spacial score (nSPS) is 8.00. The molecule has 0 bridgehead atoms. The van der Waals surface area contributed by atoms with Crippen molar-refractivity contribution >= 4 is 6.29 Å². The van der Waals surface area contributed by atoms with E-state index in [4.69, 9.17) is 0 Å². The molecule has 0 aromatic rings. The van der Waals surface area contributed by atoms with E-state index in [0.717, 1.165) is 23.9 Å². The van der Waals surface area contributed by atoms with Crippen molar-refractivity contribution < 1.29 is 24.6 Å². The van der Waals surface area contributed by atoms with Gasteiger partial charge in [0.2, 0.25) is 0 Å². The first-order chi connectivity index (χ1) is 2.91. The Morgan fingerprint density at radius 1 is 1.67 bits per heavy atom.